The highest BCUT2D eigenvalue weighted by Crippen LogP contribution is 2.29. The van der Waals surface area contributed by atoms with Crippen LogP contribution in [-0.2, 0) is 7.05 Å². The number of rotatable bonds is 5. The van der Waals surface area contributed by atoms with E-state index in [1.165, 1.54) is 12.1 Å². The molecule has 0 unspecified atom stereocenters. The van der Waals surface area contributed by atoms with Crippen molar-refractivity contribution in [2.24, 2.45) is 7.05 Å². The van der Waals surface area contributed by atoms with Gasteiger partial charge in [-0.15, -0.1) is 0 Å². The monoisotopic (exact) mass is 386 g/mol. The number of nitrogens with one attached hydrogen (secondary N) is 1. The number of carboxylic acid groups (broad SMARTS) is 1. The Morgan fingerprint density at radius 2 is 1.66 bits per heavy atom. The molecule has 0 saturated heterocycles. The Labute approximate surface area is 167 Å². The lowest BCUT2D eigenvalue weighted by atomic mass is 10.1. The molecule has 1 heterocycles. The van der Waals surface area contributed by atoms with E-state index in [1.54, 1.807) is 36.4 Å². The van der Waals surface area contributed by atoms with Gasteiger partial charge in [0.05, 0.1) is 11.3 Å². The van der Waals surface area contributed by atoms with Crippen LogP contribution in [0.1, 0.15) is 20.7 Å². The standard InChI is InChI=1S/C23H18N2O4/c1-25-12-11-16-13-17(8-10-21(16)25)29-18-7-9-19(23(27)28)20(14-18)24-22(26)15-5-3-2-4-6-15/h2-14H,1H3,(H,24,26)(H,27,28). The number of aryl methyl sites for hydroxylation is 1. The second-order valence-corrected chi connectivity index (χ2v) is 6.58. The SMILES string of the molecule is Cn1ccc2cc(Oc3ccc(C(=O)O)c(NC(=O)c4ccccc4)c3)ccc21. The molecule has 0 saturated carbocycles. The van der Waals surface area contributed by atoms with Crippen LogP contribution in [0, 0.1) is 0 Å². The first kappa shape index (κ1) is 18.3. The quantitative estimate of drug-likeness (QED) is 0.510. The number of fused-ring (bicyclic) bond motifs is 1. The van der Waals surface area contributed by atoms with Gasteiger partial charge in [0.25, 0.3) is 5.91 Å². The van der Waals surface area contributed by atoms with Gasteiger partial charge in [0.2, 0.25) is 0 Å². The number of carboxylic acids is 1. The molecule has 0 bridgehead atoms. The fraction of sp³-hybridized carbons (Fsp3) is 0.0435. The molecule has 0 fully saturated rings. The predicted octanol–water partition coefficient (Wildman–Crippen LogP) is 4.92. The summed E-state index contributed by atoms with van der Waals surface area (Å²) in [5.41, 5.74) is 1.67. The van der Waals surface area contributed by atoms with Gasteiger partial charge in [-0.05, 0) is 48.5 Å². The Morgan fingerprint density at radius 1 is 0.931 bits per heavy atom. The number of aromatic carboxylic acids is 1. The van der Waals surface area contributed by atoms with Crippen LogP contribution in [0.4, 0.5) is 5.69 Å². The summed E-state index contributed by atoms with van der Waals surface area (Å²) in [4.78, 5) is 24.0. The Balaban J connectivity index is 1.63. The van der Waals surface area contributed by atoms with Crippen LogP contribution in [-0.4, -0.2) is 21.6 Å². The van der Waals surface area contributed by atoms with E-state index >= 15 is 0 Å². The number of benzene rings is 3. The first-order valence-corrected chi connectivity index (χ1v) is 8.98. The van der Waals surface area contributed by atoms with Gasteiger partial charge in [-0.3, -0.25) is 4.79 Å². The van der Waals surface area contributed by atoms with E-state index in [1.807, 2.05) is 42.1 Å². The van der Waals surface area contributed by atoms with Crippen molar-refractivity contribution in [3.8, 4) is 11.5 Å². The molecule has 0 radical (unpaired) electrons. The molecular formula is C23H18N2O4. The number of nitrogens with zero attached hydrogens (tertiary/aromatic N) is 1. The van der Waals surface area contributed by atoms with Gasteiger partial charge < -0.3 is 19.7 Å². The fourth-order valence-corrected chi connectivity index (χ4v) is 3.12. The Hall–Kier alpha value is -4.06. The molecule has 29 heavy (non-hydrogen) atoms. The van der Waals surface area contributed by atoms with Crippen molar-refractivity contribution in [2.45, 2.75) is 0 Å². The van der Waals surface area contributed by atoms with Crippen molar-refractivity contribution < 1.29 is 19.4 Å². The molecule has 0 aliphatic rings. The lowest BCUT2D eigenvalue weighted by Gasteiger charge is -2.12. The molecule has 6 nitrogen and oxygen atoms in total. The summed E-state index contributed by atoms with van der Waals surface area (Å²) in [7, 11) is 1.97. The van der Waals surface area contributed by atoms with E-state index in [0.29, 0.717) is 17.1 Å². The Morgan fingerprint density at radius 3 is 2.41 bits per heavy atom. The van der Waals surface area contributed by atoms with Crippen molar-refractivity contribution in [1.82, 2.24) is 4.57 Å². The van der Waals surface area contributed by atoms with Crippen LogP contribution in [0.3, 0.4) is 0 Å². The molecule has 4 rings (SSSR count). The number of amides is 1. The second kappa shape index (κ2) is 7.52. The van der Waals surface area contributed by atoms with Crippen LogP contribution in [0.25, 0.3) is 10.9 Å². The molecule has 3 aromatic carbocycles. The number of carbonyl (C=O) groups is 2. The summed E-state index contributed by atoms with van der Waals surface area (Å²) < 4.78 is 7.92. The fourth-order valence-electron chi connectivity index (χ4n) is 3.12. The van der Waals surface area contributed by atoms with Crippen molar-refractivity contribution in [3.05, 3.63) is 90.1 Å². The summed E-state index contributed by atoms with van der Waals surface area (Å²) in [6, 6.07) is 20.8. The highest BCUT2D eigenvalue weighted by molar-refractivity contribution is 6.07. The van der Waals surface area contributed by atoms with Crippen LogP contribution in [0.15, 0.2) is 79.0 Å². The van der Waals surface area contributed by atoms with Crippen LogP contribution < -0.4 is 10.1 Å². The predicted molar refractivity (Wildman–Crippen MR) is 111 cm³/mol. The van der Waals surface area contributed by atoms with E-state index in [2.05, 4.69) is 5.32 Å². The average Bonchev–Trinajstić information content (AvgIpc) is 3.09. The Kier molecular flexibility index (Phi) is 4.75. The minimum absolute atomic E-state index is 0.0138. The van der Waals surface area contributed by atoms with Gasteiger partial charge in [0, 0.05) is 35.8 Å². The zero-order valence-electron chi connectivity index (χ0n) is 15.6. The molecule has 0 aliphatic carbocycles. The van der Waals surface area contributed by atoms with E-state index in [-0.39, 0.29) is 11.3 Å². The third kappa shape index (κ3) is 3.82. The van der Waals surface area contributed by atoms with Crippen LogP contribution in [0.5, 0.6) is 11.5 Å². The van der Waals surface area contributed by atoms with E-state index in [9.17, 15) is 14.7 Å². The van der Waals surface area contributed by atoms with Gasteiger partial charge in [0.15, 0.2) is 0 Å². The van der Waals surface area contributed by atoms with Crippen LogP contribution >= 0.6 is 0 Å². The summed E-state index contributed by atoms with van der Waals surface area (Å²) in [6.07, 6.45) is 1.97. The summed E-state index contributed by atoms with van der Waals surface area (Å²) >= 11 is 0. The third-order valence-electron chi connectivity index (χ3n) is 4.60. The molecule has 144 valence electrons. The largest absolute Gasteiger partial charge is 0.478 e. The topological polar surface area (TPSA) is 80.6 Å². The first-order chi connectivity index (χ1) is 14.0. The maximum absolute atomic E-state index is 12.5. The zero-order chi connectivity index (χ0) is 20.4. The van der Waals surface area contributed by atoms with Crippen molar-refractivity contribution in [1.29, 1.82) is 0 Å². The molecule has 1 aromatic heterocycles. The van der Waals surface area contributed by atoms with Crippen molar-refractivity contribution >= 4 is 28.5 Å². The molecule has 6 heteroatoms. The number of aromatic nitrogens is 1. The molecule has 2 N–H and O–H groups in total. The van der Waals surface area contributed by atoms with Gasteiger partial charge in [-0.1, -0.05) is 18.2 Å². The summed E-state index contributed by atoms with van der Waals surface area (Å²) in [5, 5.41) is 13.2. The third-order valence-corrected chi connectivity index (χ3v) is 4.60. The molecule has 4 aromatic rings. The molecule has 0 spiro atoms. The highest BCUT2D eigenvalue weighted by atomic mass is 16.5. The van der Waals surface area contributed by atoms with Gasteiger partial charge in [-0.25, -0.2) is 4.79 Å². The molecule has 0 aliphatic heterocycles. The maximum Gasteiger partial charge on any atom is 0.337 e. The number of carbonyl (C=O) groups excluding carboxylic acids is 1. The van der Waals surface area contributed by atoms with E-state index < -0.39 is 11.9 Å². The van der Waals surface area contributed by atoms with Gasteiger partial charge >= 0.3 is 5.97 Å². The lowest BCUT2D eigenvalue weighted by Crippen LogP contribution is -2.14. The van der Waals surface area contributed by atoms with Crippen molar-refractivity contribution in [2.75, 3.05) is 5.32 Å². The summed E-state index contributed by atoms with van der Waals surface area (Å²) in [5.74, 6) is -0.484. The second-order valence-electron chi connectivity index (χ2n) is 6.58. The number of ether oxygens (including phenoxy) is 1. The van der Waals surface area contributed by atoms with Gasteiger partial charge in [-0.2, -0.15) is 0 Å². The molecular weight excluding hydrogens is 368 g/mol. The highest BCUT2D eigenvalue weighted by Gasteiger charge is 2.15. The van der Waals surface area contributed by atoms with Gasteiger partial charge in [0.1, 0.15) is 11.5 Å². The summed E-state index contributed by atoms with van der Waals surface area (Å²) in [6.45, 7) is 0. The average molecular weight is 386 g/mol. The normalized spacial score (nSPS) is 10.7. The zero-order valence-corrected chi connectivity index (χ0v) is 15.6. The molecule has 0 atom stereocenters. The molecule has 1 amide bonds. The minimum atomic E-state index is -1.13. The number of hydrogen-bond donors (Lipinski definition) is 2. The minimum Gasteiger partial charge on any atom is -0.478 e. The lowest BCUT2D eigenvalue weighted by molar-refractivity contribution is 0.0698. The first-order valence-electron chi connectivity index (χ1n) is 8.98. The number of hydrogen-bond acceptors (Lipinski definition) is 3. The van der Waals surface area contributed by atoms with E-state index in [0.717, 1.165) is 10.9 Å². The van der Waals surface area contributed by atoms with Crippen molar-refractivity contribution in [3.63, 3.8) is 0 Å². The van der Waals surface area contributed by atoms with Crippen LogP contribution in [0.2, 0.25) is 0 Å². The van der Waals surface area contributed by atoms with E-state index in [4.69, 9.17) is 4.74 Å². The Bertz CT molecular complexity index is 1210. The maximum atomic E-state index is 12.5. The smallest absolute Gasteiger partial charge is 0.337 e. The number of anilines is 1.